The maximum Gasteiger partial charge on any atom is 0.230 e. The number of rotatable bonds is 4. The molecule has 0 saturated heterocycles. The van der Waals surface area contributed by atoms with Crippen LogP contribution in [0.4, 0.5) is 0 Å². The molecule has 2 fully saturated rings. The van der Waals surface area contributed by atoms with Crippen LogP contribution in [0.1, 0.15) is 39.5 Å². The molecule has 102 valence electrons. The summed E-state index contributed by atoms with van der Waals surface area (Å²) in [5.74, 6) is 1.44. The fourth-order valence-electron chi connectivity index (χ4n) is 3.37. The first-order valence-corrected chi connectivity index (χ1v) is 8.08. The van der Waals surface area contributed by atoms with Crippen molar-refractivity contribution in [1.29, 1.82) is 0 Å². The molecular weight excluding hydrogens is 264 g/mol. The molecule has 0 aromatic heterocycles. The number of carbonyl (C=O) groups excluding carboxylic acids is 1. The van der Waals surface area contributed by atoms with Gasteiger partial charge in [-0.15, -0.1) is 0 Å². The summed E-state index contributed by atoms with van der Waals surface area (Å²) >= 11 is 6.94. The van der Waals surface area contributed by atoms with E-state index in [2.05, 4.69) is 11.8 Å². The molecule has 2 N–H and O–H groups in total. The lowest BCUT2D eigenvalue weighted by Gasteiger charge is -2.35. The van der Waals surface area contributed by atoms with E-state index in [9.17, 15) is 4.79 Å². The van der Waals surface area contributed by atoms with Crippen molar-refractivity contribution in [2.45, 2.75) is 50.8 Å². The first kappa shape index (κ1) is 14.1. The van der Waals surface area contributed by atoms with Gasteiger partial charge in [0.1, 0.15) is 4.32 Å². The topological polar surface area (TPSA) is 46.3 Å². The number of hydrogen-bond acceptors (Lipinski definition) is 3. The molecule has 0 aromatic rings. The largest absolute Gasteiger partial charge is 0.369 e. The molecule has 4 unspecified atom stereocenters. The van der Waals surface area contributed by atoms with Gasteiger partial charge in [-0.1, -0.05) is 30.4 Å². The lowest BCUT2D eigenvalue weighted by molar-refractivity contribution is -0.117. The first-order valence-electron chi connectivity index (χ1n) is 6.79. The Balaban J connectivity index is 1.96. The second-order valence-corrected chi connectivity index (χ2v) is 7.43. The summed E-state index contributed by atoms with van der Waals surface area (Å²) in [4.78, 5) is 13.4. The van der Waals surface area contributed by atoms with E-state index in [1.165, 1.54) is 37.4 Å². The Morgan fingerprint density at radius 3 is 2.67 bits per heavy atom. The summed E-state index contributed by atoms with van der Waals surface area (Å²) in [5, 5.41) is -0.231. The normalized spacial score (nSPS) is 31.3. The third-order valence-corrected chi connectivity index (χ3v) is 5.90. The quantitative estimate of drug-likeness (QED) is 0.806. The minimum absolute atomic E-state index is 0.231. The fourth-order valence-corrected chi connectivity index (χ4v) is 4.88. The number of carbonyl (C=O) groups is 1. The van der Waals surface area contributed by atoms with E-state index in [4.69, 9.17) is 18.0 Å². The molecule has 4 atom stereocenters. The van der Waals surface area contributed by atoms with E-state index in [-0.39, 0.29) is 11.2 Å². The second kappa shape index (κ2) is 5.78. The molecule has 0 spiro atoms. The molecular formula is C13H22N2OS2. The van der Waals surface area contributed by atoms with E-state index in [0.717, 1.165) is 22.7 Å². The number of thioether (sulfide) groups is 1. The van der Waals surface area contributed by atoms with Gasteiger partial charge in [-0.25, -0.2) is 0 Å². The predicted octanol–water partition coefficient (Wildman–Crippen LogP) is 2.39. The summed E-state index contributed by atoms with van der Waals surface area (Å²) in [7, 11) is 0. The highest BCUT2D eigenvalue weighted by Crippen LogP contribution is 2.47. The third kappa shape index (κ3) is 2.82. The highest BCUT2D eigenvalue weighted by molar-refractivity contribution is 8.23. The monoisotopic (exact) mass is 286 g/mol. The molecule has 2 bridgehead atoms. The van der Waals surface area contributed by atoms with Gasteiger partial charge in [-0.05, 0) is 44.9 Å². The minimum atomic E-state index is -0.286. The number of fused-ring (bicyclic) bond motifs is 2. The standard InChI is InChI=1S/C13H22N2OS2/c1-3-15(13(17)18-8(2)12(14)16)11-7-9-4-5-10(11)6-9/h8-11H,3-7H2,1-2H3,(H2,14,16). The van der Waals surface area contributed by atoms with E-state index in [1.54, 1.807) is 0 Å². The van der Waals surface area contributed by atoms with Gasteiger partial charge in [-0.3, -0.25) is 4.79 Å². The Labute approximate surface area is 119 Å². The van der Waals surface area contributed by atoms with Crippen LogP contribution in [0, 0.1) is 11.8 Å². The summed E-state index contributed by atoms with van der Waals surface area (Å²) in [5.41, 5.74) is 5.30. The Kier molecular flexibility index (Phi) is 4.54. The van der Waals surface area contributed by atoms with Gasteiger partial charge in [0.25, 0.3) is 0 Å². The van der Waals surface area contributed by atoms with Crippen molar-refractivity contribution in [3.05, 3.63) is 0 Å². The van der Waals surface area contributed by atoms with Crippen LogP contribution in [-0.2, 0) is 4.79 Å². The van der Waals surface area contributed by atoms with Gasteiger partial charge >= 0.3 is 0 Å². The summed E-state index contributed by atoms with van der Waals surface area (Å²) in [6.45, 7) is 4.91. The smallest absolute Gasteiger partial charge is 0.230 e. The first-order chi connectivity index (χ1) is 8.52. The Hall–Kier alpha value is -0.290. The molecule has 2 saturated carbocycles. The van der Waals surface area contributed by atoms with Gasteiger partial charge in [0.2, 0.25) is 5.91 Å². The lowest BCUT2D eigenvalue weighted by Crippen LogP contribution is -2.42. The molecule has 1 amide bonds. The van der Waals surface area contributed by atoms with Crippen molar-refractivity contribution >= 4 is 34.2 Å². The lowest BCUT2D eigenvalue weighted by atomic mass is 9.94. The van der Waals surface area contributed by atoms with E-state index in [0.29, 0.717) is 6.04 Å². The van der Waals surface area contributed by atoms with E-state index >= 15 is 0 Å². The van der Waals surface area contributed by atoms with Crippen LogP contribution in [0.5, 0.6) is 0 Å². The van der Waals surface area contributed by atoms with Gasteiger partial charge in [0.05, 0.1) is 5.25 Å². The van der Waals surface area contributed by atoms with E-state index in [1.807, 2.05) is 6.92 Å². The van der Waals surface area contributed by atoms with E-state index < -0.39 is 0 Å². The minimum Gasteiger partial charge on any atom is -0.369 e. The zero-order valence-corrected chi connectivity index (χ0v) is 12.7. The van der Waals surface area contributed by atoms with Crippen LogP contribution in [0.3, 0.4) is 0 Å². The van der Waals surface area contributed by atoms with Gasteiger partial charge in [-0.2, -0.15) is 0 Å². The summed E-state index contributed by atoms with van der Waals surface area (Å²) in [6.07, 6.45) is 5.41. The average molecular weight is 286 g/mol. The maximum absolute atomic E-state index is 11.1. The molecule has 5 heteroatoms. The zero-order chi connectivity index (χ0) is 13.3. The van der Waals surface area contributed by atoms with Crippen LogP contribution in [0.15, 0.2) is 0 Å². The van der Waals surface area contributed by atoms with Crippen molar-refractivity contribution in [3.63, 3.8) is 0 Å². The Morgan fingerprint density at radius 2 is 2.22 bits per heavy atom. The van der Waals surface area contributed by atoms with Crippen LogP contribution >= 0.6 is 24.0 Å². The molecule has 2 rings (SSSR count). The van der Waals surface area contributed by atoms with Crippen LogP contribution in [0.2, 0.25) is 0 Å². The second-order valence-electron chi connectivity index (χ2n) is 5.46. The Bertz CT molecular complexity index is 348. The SMILES string of the molecule is CCN(C(=S)SC(C)C(N)=O)C1CC2CCC1C2. The van der Waals surface area contributed by atoms with Gasteiger partial charge in [0, 0.05) is 12.6 Å². The number of nitrogens with two attached hydrogens (primary N) is 1. The highest BCUT2D eigenvalue weighted by atomic mass is 32.2. The number of primary amides is 1. The predicted molar refractivity (Wildman–Crippen MR) is 80.5 cm³/mol. The van der Waals surface area contributed by atoms with Crippen molar-refractivity contribution in [1.82, 2.24) is 4.90 Å². The van der Waals surface area contributed by atoms with Crippen molar-refractivity contribution < 1.29 is 4.79 Å². The molecule has 2 aliphatic carbocycles. The van der Waals surface area contributed by atoms with Crippen molar-refractivity contribution in [3.8, 4) is 0 Å². The van der Waals surface area contributed by atoms with Crippen LogP contribution in [-0.4, -0.2) is 33.0 Å². The van der Waals surface area contributed by atoms with Gasteiger partial charge < -0.3 is 10.6 Å². The average Bonchev–Trinajstić information content (AvgIpc) is 2.91. The van der Waals surface area contributed by atoms with Gasteiger partial charge in [0.15, 0.2) is 0 Å². The van der Waals surface area contributed by atoms with Crippen molar-refractivity contribution in [2.75, 3.05) is 6.54 Å². The molecule has 0 radical (unpaired) electrons. The molecule has 3 nitrogen and oxygen atoms in total. The molecule has 18 heavy (non-hydrogen) atoms. The zero-order valence-electron chi connectivity index (χ0n) is 11.1. The molecule has 0 aromatic carbocycles. The summed E-state index contributed by atoms with van der Waals surface area (Å²) < 4.78 is 0.848. The third-order valence-electron chi connectivity index (χ3n) is 4.35. The van der Waals surface area contributed by atoms with Crippen molar-refractivity contribution in [2.24, 2.45) is 17.6 Å². The maximum atomic E-state index is 11.1. The number of nitrogens with zero attached hydrogens (tertiary/aromatic N) is 1. The highest BCUT2D eigenvalue weighted by Gasteiger charge is 2.42. The van der Waals surface area contributed by atoms with Crippen LogP contribution in [0.25, 0.3) is 0 Å². The molecule has 0 heterocycles. The number of hydrogen-bond donors (Lipinski definition) is 1. The fraction of sp³-hybridized carbons (Fsp3) is 0.846. The van der Waals surface area contributed by atoms with Crippen LogP contribution < -0.4 is 5.73 Å². The number of amides is 1. The molecule has 0 aliphatic heterocycles. The number of thiocarbonyl (C=S) groups is 1. The summed E-state index contributed by atoms with van der Waals surface area (Å²) in [6, 6.07) is 0.605. The Morgan fingerprint density at radius 1 is 1.50 bits per heavy atom. The molecule has 2 aliphatic rings.